The van der Waals surface area contributed by atoms with E-state index in [0.717, 1.165) is 41.0 Å². The highest BCUT2D eigenvalue weighted by Crippen LogP contribution is 2.31. The molecule has 24 heavy (non-hydrogen) atoms. The molecule has 0 unspecified atom stereocenters. The largest absolute Gasteiger partial charge is 0.370 e. The van der Waals surface area contributed by atoms with Crippen LogP contribution < -0.4 is 10.2 Å². The standard InChI is InChI=1S/C18H18BrFN2OS/c19-13-6-8-14(9-7-13)24-12-17(23)21-18-15(20)4-3-5-16(18)22-10-1-2-11-22/h3-9H,1-2,10-12H2,(H,21,23). The number of amides is 1. The van der Waals surface area contributed by atoms with Crippen LogP contribution in [0.3, 0.4) is 0 Å². The molecule has 3 nitrogen and oxygen atoms in total. The predicted molar refractivity (Wildman–Crippen MR) is 101 cm³/mol. The van der Waals surface area contributed by atoms with Gasteiger partial charge in [0.1, 0.15) is 11.5 Å². The van der Waals surface area contributed by atoms with E-state index in [1.165, 1.54) is 17.8 Å². The summed E-state index contributed by atoms with van der Waals surface area (Å²) < 4.78 is 15.2. The summed E-state index contributed by atoms with van der Waals surface area (Å²) in [6, 6.07) is 12.7. The zero-order chi connectivity index (χ0) is 16.9. The number of benzene rings is 2. The van der Waals surface area contributed by atoms with Crippen molar-refractivity contribution < 1.29 is 9.18 Å². The van der Waals surface area contributed by atoms with Gasteiger partial charge in [-0.05, 0) is 49.2 Å². The maximum Gasteiger partial charge on any atom is 0.234 e. The molecule has 2 aromatic rings. The summed E-state index contributed by atoms with van der Waals surface area (Å²) in [5, 5.41) is 2.75. The summed E-state index contributed by atoms with van der Waals surface area (Å²) in [6.45, 7) is 1.81. The lowest BCUT2D eigenvalue weighted by Gasteiger charge is -2.22. The van der Waals surface area contributed by atoms with E-state index in [-0.39, 0.29) is 17.5 Å². The molecular formula is C18H18BrFN2OS. The molecule has 0 radical (unpaired) electrons. The fraction of sp³-hybridized carbons (Fsp3) is 0.278. The van der Waals surface area contributed by atoms with Crippen LogP contribution in [0.15, 0.2) is 51.8 Å². The second-order valence-electron chi connectivity index (χ2n) is 5.62. The van der Waals surface area contributed by atoms with Crippen molar-refractivity contribution in [2.24, 2.45) is 0 Å². The fourth-order valence-electron chi connectivity index (χ4n) is 2.71. The molecule has 1 N–H and O–H groups in total. The second-order valence-corrected chi connectivity index (χ2v) is 7.58. The second kappa shape index (κ2) is 8.03. The van der Waals surface area contributed by atoms with Gasteiger partial charge in [-0.2, -0.15) is 0 Å². The van der Waals surface area contributed by atoms with Crippen molar-refractivity contribution in [3.63, 3.8) is 0 Å². The van der Waals surface area contributed by atoms with Crippen LogP contribution in [0.4, 0.5) is 15.8 Å². The molecule has 0 atom stereocenters. The Morgan fingerprint density at radius 3 is 2.58 bits per heavy atom. The Morgan fingerprint density at radius 2 is 1.88 bits per heavy atom. The van der Waals surface area contributed by atoms with Gasteiger partial charge in [0, 0.05) is 22.5 Å². The van der Waals surface area contributed by atoms with Crippen LogP contribution in [0.5, 0.6) is 0 Å². The number of para-hydroxylation sites is 1. The minimum Gasteiger partial charge on any atom is -0.370 e. The molecule has 2 aromatic carbocycles. The highest BCUT2D eigenvalue weighted by atomic mass is 79.9. The van der Waals surface area contributed by atoms with E-state index in [1.54, 1.807) is 6.07 Å². The maximum absolute atomic E-state index is 14.2. The third kappa shape index (κ3) is 4.30. The lowest BCUT2D eigenvalue weighted by Crippen LogP contribution is -2.22. The van der Waals surface area contributed by atoms with Crippen LogP contribution in [-0.2, 0) is 4.79 Å². The first-order valence-corrected chi connectivity index (χ1v) is 9.63. The summed E-state index contributed by atoms with van der Waals surface area (Å²) in [4.78, 5) is 15.4. The maximum atomic E-state index is 14.2. The Kier molecular flexibility index (Phi) is 5.79. The summed E-state index contributed by atoms with van der Waals surface area (Å²) >= 11 is 4.81. The molecule has 0 spiro atoms. The number of carbonyl (C=O) groups is 1. The Morgan fingerprint density at radius 1 is 1.17 bits per heavy atom. The molecule has 3 rings (SSSR count). The number of thioether (sulfide) groups is 1. The third-order valence-electron chi connectivity index (χ3n) is 3.89. The van der Waals surface area contributed by atoms with Crippen molar-refractivity contribution in [3.05, 3.63) is 52.8 Å². The van der Waals surface area contributed by atoms with Gasteiger partial charge in [0.15, 0.2) is 0 Å². The Labute approximate surface area is 153 Å². The molecule has 0 aromatic heterocycles. The fourth-order valence-corrected chi connectivity index (χ4v) is 3.68. The van der Waals surface area contributed by atoms with Crippen LogP contribution in [0.25, 0.3) is 0 Å². The van der Waals surface area contributed by atoms with Crippen molar-refractivity contribution in [2.45, 2.75) is 17.7 Å². The quantitative estimate of drug-likeness (QED) is 0.712. The Bertz CT molecular complexity index is 717. The first-order chi connectivity index (χ1) is 11.6. The number of rotatable bonds is 5. The van der Waals surface area contributed by atoms with Crippen LogP contribution in [0.1, 0.15) is 12.8 Å². The van der Waals surface area contributed by atoms with E-state index in [0.29, 0.717) is 5.69 Å². The van der Waals surface area contributed by atoms with Gasteiger partial charge in [-0.1, -0.05) is 22.0 Å². The molecule has 126 valence electrons. The number of nitrogens with one attached hydrogen (secondary N) is 1. The van der Waals surface area contributed by atoms with Gasteiger partial charge >= 0.3 is 0 Å². The molecule has 1 saturated heterocycles. The Balaban J connectivity index is 1.66. The molecule has 1 heterocycles. The van der Waals surface area contributed by atoms with Crippen molar-refractivity contribution in [2.75, 3.05) is 29.1 Å². The predicted octanol–water partition coefficient (Wildman–Crippen LogP) is 4.92. The third-order valence-corrected chi connectivity index (χ3v) is 5.43. The lowest BCUT2D eigenvalue weighted by molar-refractivity contribution is -0.113. The number of hydrogen-bond acceptors (Lipinski definition) is 3. The molecule has 0 aliphatic carbocycles. The first kappa shape index (κ1) is 17.3. The highest BCUT2D eigenvalue weighted by molar-refractivity contribution is 9.10. The summed E-state index contributed by atoms with van der Waals surface area (Å²) in [5.41, 5.74) is 1.07. The van der Waals surface area contributed by atoms with Gasteiger partial charge in [0.2, 0.25) is 5.91 Å². The molecule has 1 amide bonds. The number of hydrogen-bond donors (Lipinski definition) is 1. The SMILES string of the molecule is O=C(CSc1ccc(Br)cc1)Nc1c(F)cccc1N1CCCC1. The van der Waals surface area contributed by atoms with Crippen molar-refractivity contribution >= 4 is 45.0 Å². The van der Waals surface area contributed by atoms with E-state index in [4.69, 9.17) is 0 Å². The van der Waals surface area contributed by atoms with Crippen molar-refractivity contribution in [1.29, 1.82) is 0 Å². The van der Waals surface area contributed by atoms with Crippen molar-refractivity contribution in [3.8, 4) is 0 Å². The average Bonchev–Trinajstić information content (AvgIpc) is 3.10. The summed E-state index contributed by atoms with van der Waals surface area (Å²) in [6.07, 6.45) is 2.20. The zero-order valence-electron chi connectivity index (χ0n) is 13.1. The number of carbonyl (C=O) groups excluding carboxylic acids is 1. The first-order valence-electron chi connectivity index (χ1n) is 7.85. The van der Waals surface area contributed by atoms with Crippen LogP contribution in [-0.4, -0.2) is 24.7 Å². The zero-order valence-corrected chi connectivity index (χ0v) is 15.5. The lowest BCUT2D eigenvalue weighted by atomic mass is 10.2. The molecule has 1 fully saturated rings. The Hall–Kier alpha value is -1.53. The van der Waals surface area contributed by atoms with Crippen molar-refractivity contribution in [1.82, 2.24) is 0 Å². The summed E-state index contributed by atoms with van der Waals surface area (Å²) in [7, 11) is 0. The van der Waals surface area contributed by atoms with E-state index >= 15 is 0 Å². The number of anilines is 2. The smallest absolute Gasteiger partial charge is 0.234 e. The highest BCUT2D eigenvalue weighted by Gasteiger charge is 2.19. The van der Waals surface area contributed by atoms with E-state index < -0.39 is 0 Å². The monoisotopic (exact) mass is 408 g/mol. The van der Waals surface area contributed by atoms with Gasteiger partial charge in [0.25, 0.3) is 0 Å². The summed E-state index contributed by atoms with van der Waals surface area (Å²) in [5.74, 6) is -0.343. The molecular weight excluding hydrogens is 391 g/mol. The van der Waals surface area contributed by atoms with E-state index in [1.807, 2.05) is 30.3 Å². The van der Waals surface area contributed by atoms with Gasteiger partial charge < -0.3 is 10.2 Å². The molecule has 0 saturated carbocycles. The minimum absolute atomic E-state index is 0.200. The topological polar surface area (TPSA) is 32.3 Å². The van der Waals surface area contributed by atoms with E-state index in [9.17, 15) is 9.18 Å². The van der Waals surface area contributed by atoms with Crippen LogP contribution in [0, 0.1) is 5.82 Å². The average molecular weight is 409 g/mol. The van der Waals surface area contributed by atoms with Gasteiger partial charge in [-0.25, -0.2) is 4.39 Å². The van der Waals surface area contributed by atoms with Gasteiger partial charge in [-0.15, -0.1) is 11.8 Å². The van der Waals surface area contributed by atoms with Gasteiger partial charge in [0.05, 0.1) is 11.4 Å². The van der Waals surface area contributed by atoms with Crippen LogP contribution >= 0.6 is 27.7 Å². The molecule has 1 aliphatic heterocycles. The minimum atomic E-state index is -0.388. The molecule has 6 heteroatoms. The molecule has 0 bridgehead atoms. The van der Waals surface area contributed by atoms with Crippen LogP contribution in [0.2, 0.25) is 0 Å². The number of nitrogens with zero attached hydrogens (tertiary/aromatic N) is 1. The van der Waals surface area contributed by atoms with Gasteiger partial charge in [-0.3, -0.25) is 4.79 Å². The number of halogens is 2. The normalized spacial score (nSPS) is 14.0. The van der Waals surface area contributed by atoms with E-state index in [2.05, 4.69) is 26.1 Å². The molecule has 1 aliphatic rings.